The Hall–Kier alpha value is -3.02. The van der Waals surface area contributed by atoms with E-state index in [9.17, 15) is 14.7 Å². The largest absolute Gasteiger partial charge is 0.507 e. The van der Waals surface area contributed by atoms with Crippen LogP contribution in [0.15, 0.2) is 54.6 Å². The molecule has 3 aromatic rings. The zero-order chi connectivity index (χ0) is 20.9. The van der Waals surface area contributed by atoms with Crippen molar-refractivity contribution in [1.29, 1.82) is 0 Å². The molecule has 1 aliphatic rings. The summed E-state index contributed by atoms with van der Waals surface area (Å²) >= 11 is 0. The predicted octanol–water partition coefficient (Wildman–Crippen LogP) is 4.32. The third kappa shape index (κ3) is 4.42. The van der Waals surface area contributed by atoms with Gasteiger partial charge in [0.25, 0.3) is 0 Å². The van der Waals surface area contributed by atoms with Gasteiger partial charge in [-0.15, -0.1) is 0 Å². The second kappa shape index (κ2) is 9.20. The first-order chi connectivity index (χ1) is 14.7. The summed E-state index contributed by atoms with van der Waals surface area (Å²) in [5, 5.41) is 11.4. The van der Waals surface area contributed by atoms with E-state index in [1.54, 1.807) is 6.07 Å². The molecule has 1 heterocycles. The van der Waals surface area contributed by atoms with E-state index in [4.69, 9.17) is 4.74 Å². The molecule has 5 nitrogen and oxygen atoms in total. The molecule has 4 rings (SSSR count). The van der Waals surface area contributed by atoms with E-state index in [0.717, 1.165) is 66.7 Å². The van der Waals surface area contributed by atoms with E-state index in [-0.39, 0.29) is 11.5 Å². The van der Waals surface area contributed by atoms with Crippen LogP contribution in [-0.2, 0) is 4.74 Å². The first-order valence-electron chi connectivity index (χ1n) is 10.3. The highest BCUT2D eigenvalue weighted by Crippen LogP contribution is 2.30. The number of phenolic OH excluding ortho intramolecular Hbond substituents is 1. The summed E-state index contributed by atoms with van der Waals surface area (Å²) in [5.41, 5.74) is 3.03. The van der Waals surface area contributed by atoms with Crippen LogP contribution < -0.4 is 0 Å². The smallest absolute Gasteiger partial charge is 0.162 e. The Kier molecular flexibility index (Phi) is 6.21. The van der Waals surface area contributed by atoms with E-state index in [1.165, 1.54) is 6.07 Å². The number of aldehydes is 1. The molecule has 154 valence electrons. The van der Waals surface area contributed by atoms with Crippen molar-refractivity contribution in [2.45, 2.75) is 12.8 Å². The number of benzene rings is 3. The summed E-state index contributed by atoms with van der Waals surface area (Å²) < 4.78 is 5.35. The molecule has 30 heavy (non-hydrogen) atoms. The number of nitrogens with zero attached hydrogens (tertiary/aromatic N) is 1. The Morgan fingerprint density at radius 3 is 2.47 bits per heavy atom. The molecule has 0 atom stereocenters. The van der Waals surface area contributed by atoms with Gasteiger partial charge in [-0.3, -0.25) is 14.5 Å². The number of fused-ring (bicyclic) bond motifs is 1. The van der Waals surface area contributed by atoms with Crippen LogP contribution in [0.4, 0.5) is 0 Å². The molecule has 1 aliphatic heterocycles. The van der Waals surface area contributed by atoms with Gasteiger partial charge in [-0.1, -0.05) is 42.5 Å². The zero-order valence-corrected chi connectivity index (χ0v) is 16.8. The molecule has 3 aromatic carbocycles. The van der Waals surface area contributed by atoms with Crippen LogP contribution >= 0.6 is 0 Å². The van der Waals surface area contributed by atoms with E-state index in [1.807, 2.05) is 42.5 Å². The van der Waals surface area contributed by atoms with Gasteiger partial charge in [-0.25, -0.2) is 0 Å². The van der Waals surface area contributed by atoms with E-state index >= 15 is 0 Å². The first kappa shape index (κ1) is 20.3. The van der Waals surface area contributed by atoms with Gasteiger partial charge in [0.15, 0.2) is 12.1 Å². The predicted molar refractivity (Wildman–Crippen MR) is 117 cm³/mol. The Bertz CT molecular complexity index is 1050. The normalized spacial score (nSPS) is 14.7. The molecule has 0 aliphatic carbocycles. The van der Waals surface area contributed by atoms with E-state index < -0.39 is 0 Å². The number of morpholine rings is 1. The fraction of sp³-hybridized carbons (Fsp3) is 0.280. The number of carbonyl (C=O) groups is 2. The lowest BCUT2D eigenvalue weighted by Crippen LogP contribution is -2.36. The van der Waals surface area contributed by atoms with Gasteiger partial charge in [0, 0.05) is 25.1 Å². The number of Topliss-reactive ketones (excluding diaryl/α,β-unsaturated/α-hetero) is 1. The Morgan fingerprint density at radius 1 is 1.00 bits per heavy atom. The molecule has 0 bridgehead atoms. The van der Waals surface area contributed by atoms with Crippen molar-refractivity contribution in [1.82, 2.24) is 4.90 Å². The van der Waals surface area contributed by atoms with Crippen molar-refractivity contribution in [2.75, 3.05) is 32.8 Å². The second-order valence-electron chi connectivity index (χ2n) is 7.61. The Balaban J connectivity index is 1.43. The minimum atomic E-state index is -0.0123. The molecule has 1 fully saturated rings. The maximum Gasteiger partial charge on any atom is 0.162 e. The molecule has 1 saturated heterocycles. The molecule has 0 amide bonds. The summed E-state index contributed by atoms with van der Waals surface area (Å²) in [4.78, 5) is 26.1. The molecular formula is C25H25NO4. The van der Waals surface area contributed by atoms with Gasteiger partial charge in [-0.05, 0) is 47.0 Å². The van der Waals surface area contributed by atoms with Crippen LogP contribution in [0.2, 0.25) is 0 Å². The molecule has 0 radical (unpaired) electrons. The highest BCUT2D eigenvalue weighted by atomic mass is 16.5. The standard InChI is InChI=1S/C25H25NO4/c27-17-23-22-9-7-20(16-21(22)8-10-25(23)29)18-3-5-19(6-4-18)24(28)2-1-11-26-12-14-30-15-13-26/h3-10,16-17,29H,1-2,11-15H2. The molecule has 0 aromatic heterocycles. The zero-order valence-electron chi connectivity index (χ0n) is 16.8. The van der Waals surface area contributed by atoms with Crippen molar-refractivity contribution < 1.29 is 19.4 Å². The lowest BCUT2D eigenvalue weighted by molar-refractivity contribution is 0.0371. The van der Waals surface area contributed by atoms with Crippen LogP contribution in [-0.4, -0.2) is 54.9 Å². The Labute approximate surface area is 175 Å². The van der Waals surface area contributed by atoms with Gasteiger partial charge < -0.3 is 9.84 Å². The van der Waals surface area contributed by atoms with Crippen molar-refractivity contribution >= 4 is 22.8 Å². The molecule has 1 N–H and O–H groups in total. The minimum Gasteiger partial charge on any atom is -0.507 e. The van der Waals surface area contributed by atoms with Crippen LogP contribution in [0, 0.1) is 0 Å². The van der Waals surface area contributed by atoms with Crippen LogP contribution in [0.1, 0.15) is 33.6 Å². The Morgan fingerprint density at radius 2 is 1.73 bits per heavy atom. The lowest BCUT2D eigenvalue weighted by atomic mass is 9.97. The van der Waals surface area contributed by atoms with Gasteiger partial charge in [-0.2, -0.15) is 0 Å². The summed E-state index contributed by atoms with van der Waals surface area (Å²) in [6.07, 6.45) is 2.08. The molecular weight excluding hydrogens is 378 g/mol. The van der Waals surface area contributed by atoms with Crippen molar-refractivity contribution in [3.63, 3.8) is 0 Å². The van der Waals surface area contributed by atoms with Gasteiger partial charge in [0.1, 0.15) is 5.75 Å². The third-order valence-electron chi connectivity index (χ3n) is 5.68. The highest BCUT2D eigenvalue weighted by Gasteiger charge is 2.12. The summed E-state index contributed by atoms with van der Waals surface area (Å²) in [5.74, 6) is 0.154. The lowest BCUT2D eigenvalue weighted by Gasteiger charge is -2.26. The number of phenols is 1. The van der Waals surface area contributed by atoms with Crippen molar-refractivity contribution in [3.8, 4) is 16.9 Å². The van der Waals surface area contributed by atoms with E-state index in [2.05, 4.69) is 4.90 Å². The second-order valence-corrected chi connectivity index (χ2v) is 7.61. The summed E-state index contributed by atoms with van der Waals surface area (Å²) in [6.45, 7) is 4.39. The van der Waals surface area contributed by atoms with Crippen LogP contribution in [0.5, 0.6) is 5.75 Å². The number of aromatic hydroxyl groups is 1. The maximum absolute atomic E-state index is 12.5. The number of ether oxygens (including phenoxy) is 1. The molecule has 5 heteroatoms. The van der Waals surface area contributed by atoms with Crippen LogP contribution in [0.3, 0.4) is 0 Å². The summed E-state index contributed by atoms with van der Waals surface area (Å²) in [6, 6.07) is 16.8. The van der Waals surface area contributed by atoms with Gasteiger partial charge >= 0.3 is 0 Å². The third-order valence-corrected chi connectivity index (χ3v) is 5.68. The minimum absolute atomic E-state index is 0.0123. The van der Waals surface area contributed by atoms with Crippen LogP contribution in [0.25, 0.3) is 21.9 Å². The maximum atomic E-state index is 12.5. The fourth-order valence-corrected chi connectivity index (χ4v) is 3.93. The average molecular weight is 403 g/mol. The highest BCUT2D eigenvalue weighted by molar-refractivity contribution is 6.02. The van der Waals surface area contributed by atoms with Crippen molar-refractivity contribution in [2.24, 2.45) is 0 Å². The van der Waals surface area contributed by atoms with Gasteiger partial charge in [0.05, 0.1) is 18.8 Å². The SMILES string of the molecule is O=Cc1c(O)ccc2cc(-c3ccc(C(=O)CCCN4CCOCC4)cc3)ccc12. The topological polar surface area (TPSA) is 66.8 Å². The number of carbonyl (C=O) groups excluding carboxylic acids is 2. The van der Waals surface area contributed by atoms with Gasteiger partial charge in [0.2, 0.25) is 0 Å². The number of rotatable bonds is 7. The first-order valence-corrected chi connectivity index (χ1v) is 10.3. The molecule has 0 saturated carbocycles. The fourth-order valence-electron chi connectivity index (χ4n) is 3.93. The quantitative estimate of drug-likeness (QED) is 0.470. The molecule has 0 unspecified atom stereocenters. The number of ketones is 1. The van der Waals surface area contributed by atoms with Crippen molar-refractivity contribution in [3.05, 3.63) is 65.7 Å². The number of hydrogen-bond acceptors (Lipinski definition) is 5. The van der Waals surface area contributed by atoms with E-state index in [0.29, 0.717) is 18.3 Å². The molecule has 0 spiro atoms. The number of hydrogen-bond donors (Lipinski definition) is 1. The average Bonchev–Trinajstić information content (AvgIpc) is 2.79. The monoisotopic (exact) mass is 403 g/mol. The summed E-state index contributed by atoms with van der Waals surface area (Å²) in [7, 11) is 0.